The van der Waals surface area contributed by atoms with Gasteiger partial charge in [-0.05, 0) is 15.5 Å². The normalized spacial score (nSPS) is 14.5. The van der Waals surface area contributed by atoms with Gasteiger partial charge in [-0.25, -0.2) is 0 Å². The standard InChI is InChI=1S/C18H23N5O3/c1-3-16-19-17(23(25)26)18(21-11-9-20(10-12-21)14(2)24)22(16)13-15-7-5-4-6-8-15/h4-8H,3,9-13H2,1-2H3. The SMILES string of the molecule is CCc1nc([N+](=O)[O-])c(N2CCN(C(C)=O)CC2)n1Cc1ccccc1. The van der Waals surface area contributed by atoms with Gasteiger partial charge in [0, 0.05) is 39.5 Å². The van der Waals surface area contributed by atoms with Gasteiger partial charge >= 0.3 is 5.82 Å². The Morgan fingerprint density at radius 2 is 1.85 bits per heavy atom. The lowest BCUT2D eigenvalue weighted by atomic mass is 10.2. The zero-order valence-electron chi connectivity index (χ0n) is 15.1. The number of amides is 1. The monoisotopic (exact) mass is 357 g/mol. The summed E-state index contributed by atoms with van der Waals surface area (Å²) >= 11 is 0. The highest BCUT2D eigenvalue weighted by molar-refractivity contribution is 5.73. The van der Waals surface area contributed by atoms with Gasteiger partial charge in [0.1, 0.15) is 0 Å². The molecular formula is C18H23N5O3. The highest BCUT2D eigenvalue weighted by Crippen LogP contribution is 2.31. The summed E-state index contributed by atoms with van der Waals surface area (Å²) in [6.45, 7) is 6.27. The largest absolute Gasteiger partial charge is 0.406 e. The molecule has 1 aliphatic rings. The fraction of sp³-hybridized carbons (Fsp3) is 0.444. The molecule has 0 radical (unpaired) electrons. The van der Waals surface area contributed by atoms with Gasteiger partial charge in [-0.2, -0.15) is 0 Å². The van der Waals surface area contributed by atoms with Crippen LogP contribution in [0.5, 0.6) is 0 Å². The second-order valence-corrected chi connectivity index (χ2v) is 6.35. The van der Waals surface area contributed by atoms with Gasteiger partial charge < -0.3 is 19.9 Å². The van der Waals surface area contributed by atoms with Crippen molar-refractivity contribution in [2.24, 2.45) is 0 Å². The number of carbonyl (C=O) groups is 1. The molecule has 1 aliphatic heterocycles. The molecule has 26 heavy (non-hydrogen) atoms. The zero-order chi connectivity index (χ0) is 18.7. The Morgan fingerprint density at radius 3 is 2.38 bits per heavy atom. The predicted octanol–water partition coefficient (Wildman–Crippen LogP) is 2.07. The molecule has 1 amide bonds. The minimum absolute atomic E-state index is 0.0335. The molecule has 0 N–H and O–H groups in total. The number of nitro groups is 1. The molecule has 3 rings (SSSR count). The summed E-state index contributed by atoms with van der Waals surface area (Å²) < 4.78 is 1.94. The predicted molar refractivity (Wildman–Crippen MR) is 98.3 cm³/mol. The molecule has 2 heterocycles. The number of benzene rings is 1. The lowest BCUT2D eigenvalue weighted by Gasteiger charge is -2.35. The molecule has 1 saturated heterocycles. The number of nitrogens with zero attached hydrogens (tertiary/aromatic N) is 5. The minimum atomic E-state index is -0.409. The summed E-state index contributed by atoms with van der Waals surface area (Å²) in [5, 5.41) is 11.6. The van der Waals surface area contributed by atoms with Gasteiger partial charge in [0.2, 0.25) is 17.5 Å². The van der Waals surface area contributed by atoms with Gasteiger partial charge in [-0.1, -0.05) is 37.3 Å². The number of hydrogen-bond donors (Lipinski definition) is 0. The summed E-state index contributed by atoms with van der Waals surface area (Å²) in [7, 11) is 0. The van der Waals surface area contributed by atoms with Crippen LogP contribution in [0.3, 0.4) is 0 Å². The van der Waals surface area contributed by atoms with Gasteiger partial charge in [0.15, 0.2) is 0 Å². The Hall–Kier alpha value is -2.90. The van der Waals surface area contributed by atoms with Crippen LogP contribution >= 0.6 is 0 Å². The van der Waals surface area contributed by atoms with Gasteiger partial charge in [0.05, 0.1) is 6.54 Å². The highest BCUT2D eigenvalue weighted by atomic mass is 16.6. The van der Waals surface area contributed by atoms with Crippen LogP contribution < -0.4 is 4.90 Å². The minimum Gasteiger partial charge on any atom is -0.358 e. The van der Waals surface area contributed by atoms with E-state index in [-0.39, 0.29) is 11.7 Å². The molecule has 8 heteroatoms. The van der Waals surface area contributed by atoms with E-state index in [1.165, 1.54) is 0 Å². The molecular weight excluding hydrogens is 334 g/mol. The molecule has 0 saturated carbocycles. The second-order valence-electron chi connectivity index (χ2n) is 6.35. The first-order valence-corrected chi connectivity index (χ1v) is 8.79. The molecule has 0 atom stereocenters. The lowest BCUT2D eigenvalue weighted by Crippen LogP contribution is -2.48. The Balaban J connectivity index is 1.97. The summed E-state index contributed by atoms with van der Waals surface area (Å²) in [6, 6.07) is 9.86. The Bertz CT molecular complexity index is 795. The molecule has 8 nitrogen and oxygen atoms in total. The van der Waals surface area contributed by atoms with Gasteiger partial charge in [0.25, 0.3) is 0 Å². The van der Waals surface area contributed by atoms with Crippen molar-refractivity contribution < 1.29 is 9.72 Å². The van der Waals surface area contributed by atoms with Crippen molar-refractivity contribution >= 4 is 17.5 Å². The molecule has 2 aromatic rings. The maximum atomic E-state index is 11.6. The van der Waals surface area contributed by atoms with E-state index in [1.807, 2.05) is 46.7 Å². The van der Waals surface area contributed by atoms with Crippen LogP contribution in [0, 0.1) is 10.1 Å². The number of rotatable bonds is 5. The van der Waals surface area contributed by atoms with Gasteiger partial charge in [-0.15, -0.1) is 0 Å². The number of imidazole rings is 1. The van der Waals surface area contributed by atoms with Crippen LogP contribution in [-0.4, -0.2) is 51.5 Å². The van der Waals surface area contributed by atoms with E-state index in [2.05, 4.69) is 4.98 Å². The van der Waals surface area contributed by atoms with Crippen molar-refractivity contribution in [2.45, 2.75) is 26.8 Å². The van der Waals surface area contributed by atoms with Crippen molar-refractivity contribution in [3.63, 3.8) is 0 Å². The summed E-state index contributed by atoms with van der Waals surface area (Å²) in [5.74, 6) is 1.17. The van der Waals surface area contributed by atoms with E-state index in [1.54, 1.807) is 11.8 Å². The lowest BCUT2D eigenvalue weighted by molar-refractivity contribution is -0.388. The first kappa shape index (κ1) is 17.9. The van der Waals surface area contributed by atoms with E-state index < -0.39 is 4.92 Å². The van der Waals surface area contributed by atoms with E-state index in [0.29, 0.717) is 50.8 Å². The number of anilines is 1. The Kier molecular flexibility index (Phi) is 5.20. The van der Waals surface area contributed by atoms with E-state index >= 15 is 0 Å². The number of aryl methyl sites for hydroxylation is 1. The molecule has 0 bridgehead atoms. The topological polar surface area (TPSA) is 84.5 Å². The first-order chi connectivity index (χ1) is 12.5. The maximum absolute atomic E-state index is 11.6. The second kappa shape index (κ2) is 7.55. The molecule has 0 aliphatic carbocycles. The van der Waals surface area contributed by atoms with E-state index in [4.69, 9.17) is 0 Å². The molecule has 1 fully saturated rings. The number of carbonyl (C=O) groups excluding carboxylic acids is 1. The smallest absolute Gasteiger partial charge is 0.358 e. The molecule has 1 aromatic heterocycles. The van der Waals surface area contributed by atoms with E-state index in [0.717, 1.165) is 5.56 Å². The van der Waals surface area contributed by atoms with Crippen LogP contribution in [0.4, 0.5) is 11.6 Å². The van der Waals surface area contributed by atoms with Gasteiger partial charge in [-0.3, -0.25) is 9.36 Å². The van der Waals surface area contributed by atoms with Crippen molar-refractivity contribution in [1.82, 2.24) is 14.5 Å². The maximum Gasteiger partial charge on any atom is 0.406 e. The fourth-order valence-electron chi connectivity index (χ4n) is 3.35. The third-order valence-electron chi connectivity index (χ3n) is 4.70. The third-order valence-corrected chi connectivity index (χ3v) is 4.70. The summed E-state index contributed by atoms with van der Waals surface area (Å²) in [5.41, 5.74) is 1.07. The van der Waals surface area contributed by atoms with Crippen LogP contribution in [-0.2, 0) is 17.8 Å². The number of hydrogen-bond acceptors (Lipinski definition) is 5. The van der Waals surface area contributed by atoms with Crippen molar-refractivity contribution in [2.75, 3.05) is 31.1 Å². The molecule has 0 unspecified atom stereocenters. The quantitative estimate of drug-likeness (QED) is 0.604. The Morgan fingerprint density at radius 1 is 1.19 bits per heavy atom. The van der Waals surface area contributed by atoms with Crippen LogP contribution in [0.25, 0.3) is 0 Å². The molecule has 0 spiro atoms. The third kappa shape index (κ3) is 3.54. The average Bonchev–Trinajstić information content (AvgIpc) is 3.01. The van der Waals surface area contributed by atoms with Crippen LogP contribution in [0.2, 0.25) is 0 Å². The van der Waals surface area contributed by atoms with E-state index in [9.17, 15) is 14.9 Å². The number of aromatic nitrogens is 2. The van der Waals surface area contributed by atoms with Crippen molar-refractivity contribution in [1.29, 1.82) is 0 Å². The average molecular weight is 357 g/mol. The van der Waals surface area contributed by atoms with Crippen LogP contribution in [0.1, 0.15) is 25.2 Å². The van der Waals surface area contributed by atoms with Crippen molar-refractivity contribution in [3.05, 3.63) is 51.8 Å². The summed E-state index contributed by atoms with van der Waals surface area (Å²) in [6.07, 6.45) is 0.612. The highest BCUT2D eigenvalue weighted by Gasteiger charge is 2.32. The van der Waals surface area contributed by atoms with Crippen molar-refractivity contribution in [3.8, 4) is 0 Å². The first-order valence-electron chi connectivity index (χ1n) is 8.79. The Labute approximate surface area is 152 Å². The zero-order valence-corrected chi connectivity index (χ0v) is 15.1. The summed E-state index contributed by atoms with van der Waals surface area (Å²) in [4.78, 5) is 30.8. The fourth-order valence-corrected chi connectivity index (χ4v) is 3.35. The molecule has 1 aromatic carbocycles. The van der Waals surface area contributed by atoms with Crippen LogP contribution in [0.15, 0.2) is 30.3 Å². The molecule has 138 valence electrons. The number of piperazine rings is 1.